The summed E-state index contributed by atoms with van der Waals surface area (Å²) in [5, 5.41) is 3.62. The fourth-order valence-corrected chi connectivity index (χ4v) is 4.31. The summed E-state index contributed by atoms with van der Waals surface area (Å²) >= 11 is 9.70. The van der Waals surface area contributed by atoms with Crippen molar-refractivity contribution in [1.29, 1.82) is 0 Å². The van der Waals surface area contributed by atoms with Gasteiger partial charge in [-0.15, -0.1) is 0 Å². The maximum absolute atomic E-state index is 12.3. The van der Waals surface area contributed by atoms with E-state index in [0.717, 1.165) is 46.3 Å². The van der Waals surface area contributed by atoms with Crippen molar-refractivity contribution in [3.63, 3.8) is 0 Å². The summed E-state index contributed by atoms with van der Waals surface area (Å²) in [5.74, 6) is 1.01. The molecule has 6 heteroatoms. The number of benzene rings is 3. The number of hydrogen-bond donors (Lipinski definition) is 1. The molecule has 0 spiro atoms. The van der Waals surface area contributed by atoms with Gasteiger partial charge in [0.15, 0.2) is 0 Å². The van der Waals surface area contributed by atoms with E-state index in [4.69, 9.17) is 16.6 Å². The average molecular weight is 497 g/mol. The van der Waals surface area contributed by atoms with Crippen LogP contribution in [0.5, 0.6) is 0 Å². The summed E-state index contributed by atoms with van der Waals surface area (Å²) < 4.78 is 3.33. The fraction of sp³-hybridized carbons (Fsp3) is 0.200. The van der Waals surface area contributed by atoms with Gasteiger partial charge in [0, 0.05) is 29.0 Å². The molecule has 4 aromatic rings. The van der Waals surface area contributed by atoms with Crippen LogP contribution in [0.25, 0.3) is 11.0 Å². The highest BCUT2D eigenvalue weighted by molar-refractivity contribution is 9.10. The second-order valence-electron chi connectivity index (χ2n) is 7.45. The van der Waals surface area contributed by atoms with Gasteiger partial charge in [0.05, 0.1) is 17.5 Å². The van der Waals surface area contributed by atoms with E-state index in [0.29, 0.717) is 18.0 Å². The number of halogens is 2. The lowest BCUT2D eigenvalue weighted by Gasteiger charge is -2.11. The summed E-state index contributed by atoms with van der Waals surface area (Å²) in [6.07, 6.45) is 1.90. The highest BCUT2D eigenvalue weighted by atomic mass is 79.9. The van der Waals surface area contributed by atoms with Crippen LogP contribution < -0.4 is 5.32 Å². The number of fused-ring (bicyclic) bond motifs is 1. The molecule has 0 aliphatic rings. The Bertz CT molecular complexity index is 1200. The van der Waals surface area contributed by atoms with Gasteiger partial charge in [0.1, 0.15) is 5.82 Å². The lowest BCUT2D eigenvalue weighted by molar-refractivity contribution is -0.120. The van der Waals surface area contributed by atoms with Crippen LogP contribution in [-0.2, 0) is 24.2 Å². The van der Waals surface area contributed by atoms with Crippen LogP contribution in [0.1, 0.15) is 23.4 Å². The van der Waals surface area contributed by atoms with E-state index in [-0.39, 0.29) is 5.91 Å². The number of amides is 1. The summed E-state index contributed by atoms with van der Waals surface area (Å²) in [7, 11) is 0. The summed E-state index contributed by atoms with van der Waals surface area (Å²) in [6.45, 7) is 1.36. The normalized spacial score (nSPS) is 11.0. The van der Waals surface area contributed by atoms with Crippen LogP contribution in [0.2, 0.25) is 5.02 Å². The number of nitrogens with one attached hydrogen (secondary N) is 1. The number of rotatable bonds is 8. The third-order valence-corrected chi connectivity index (χ3v) is 6.03. The van der Waals surface area contributed by atoms with Crippen molar-refractivity contribution in [2.24, 2.45) is 0 Å². The molecule has 1 amide bonds. The second kappa shape index (κ2) is 10.1. The summed E-state index contributed by atoms with van der Waals surface area (Å²) in [5.41, 5.74) is 4.18. The topological polar surface area (TPSA) is 46.9 Å². The van der Waals surface area contributed by atoms with Crippen molar-refractivity contribution in [2.75, 3.05) is 6.54 Å². The highest BCUT2D eigenvalue weighted by Gasteiger charge is 2.12. The molecule has 1 aromatic heterocycles. The number of carbonyl (C=O) groups excluding carboxylic acids is 1. The van der Waals surface area contributed by atoms with Crippen LogP contribution in [0.3, 0.4) is 0 Å². The number of aryl methyl sites for hydroxylation is 1. The zero-order valence-electron chi connectivity index (χ0n) is 17.0. The van der Waals surface area contributed by atoms with Crippen molar-refractivity contribution in [1.82, 2.24) is 14.9 Å². The van der Waals surface area contributed by atoms with Crippen molar-refractivity contribution in [2.45, 2.75) is 25.8 Å². The number of hydrogen-bond acceptors (Lipinski definition) is 2. The molecule has 0 aliphatic carbocycles. The Labute approximate surface area is 195 Å². The molecule has 0 bridgehead atoms. The van der Waals surface area contributed by atoms with Crippen LogP contribution in [-0.4, -0.2) is 22.0 Å². The molecular weight excluding hydrogens is 474 g/mol. The van der Waals surface area contributed by atoms with E-state index in [9.17, 15) is 4.79 Å². The zero-order chi connectivity index (χ0) is 21.6. The summed E-state index contributed by atoms with van der Waals surface area (Å²) in [6, 6.07) is 24.0. The SMILES string of the molecule is O=C(Cc1ccccc1Cl)NCCCc1nc2ccccc2n1Cc1cccc(Br)c1. The lowest BCUT2D eigenvalue weighted by Crippen LogP contribution is -2.26. The molecule has 0 radical (unpaired) electrons. The Hall–Kier alpha value is -2.63. The molecule has 0 aliphatic heterocycles. The quantitative estimate of drug-likeness (QED) is 0.314. The van der Waals surface area contributed by atoms with Gasteiger partial charge in [0.2, 0.25) is 5.91 Å². The fourth-order valence-electron chi connectivity index (χ4n) is 3.66. The molecule has 4 nitrogen and oxygen atoms in total. The van der Waals surface area contributed by atoms with Gasteiger partial charge in [-0.3, -0.25) is 4.79 Å². The number of aromatic nitrogens is 2. The van der Waals surface area contributed by atoms with Crippen LogP contribution in [0, 0.1) is 0 Å². The monoisotopic (exact) mass is 495 g/mol. The maximum atomic E-state index is 12.3. The average Bonchev–Trinajstić information content (AvgIpc) is 3.10. The molecule has 0 unspecified atom stereocenters. The molecule has 3 aromatic carbocycles. The van der Waals surface area contributed by atoms with Crippen LogP contribution in [0.15, 0.2) is 77.3 Å². The van der Waals surface area contributed by atoms with Gasteiger partial charge in [-0.05, 0) is 47.9 Å². The smallest absolute Gasteiger partial charge is 0.224 e. The standard InChI is InChI=1S/C25H23BrClN3O/c26-20-9-5-7-18(15-20)17-30-23-12-4-3-11-22(23)29-24(30)13-6-14-28-25(31)16-19-8-1-2-10-21(19)27/h1-5,7-12,15H,6,13-14,16-17H2,(H,28,31). The number of imidazole rings is 1. The first-order chi connectivity index (χ1) is 15.1. The number of para-hydroxylation sites is 2. The summed E-state index contributed by atoms with van der Waals surface area (Å²) in [4.78, 5) is 17.1. The van der Waals surface area contributed by atoms with Crippen LogP contribution >= 0.6 is 27.5 Å². The minimum Gasteiger partial charge on any atom is -0.356 e. The molecule has 4 rings (SSSR count). The van der Waals surface area contributed by atoms with Gasteiger partial charge in [-0.2, -0.15) is 0 Å². The van der Waals surface area contributed by atoms with Gasteiger partial charge < -0.3 is 9.88 Å². The number of carbonyl (C=O) groups is 1. The molecule has 1 N–H and O–H groups in total. The third-order valence-electron chi connectivity index (χ3n) is 5.17. The van der Waals surface area contributed by atoms with Gasteiger partial charge in [-0.1, -0.05) is 70.0 Å². The molecule has 31 heavy (non-hydrogen) atoms. The Morgan fingerprint density at radius 1 is 1.03 bits per heavy atom. The van der Waals surface area contributed by atoms with E-state index in [1.165, 1.54) is 5.56 Å². The van der Waals surface area contributed by atoms with Gasteiger partial charge >= 0.3 is 0 Å². The van der Waals surface area contributed by atoms with Crippen molar-refractivity contribution < 1.29 is 4.79 Å². The van der Waals surface area contributed by atoms with E-state index < -0.39 is 0 Å². The first kappa shape index (κ1) is 21.6. The Morgan fingerprint density at radius 3 is 2.68 bits per heavy atom. The molecule has 0 saturated carbocycles. The minimum absolute atomic E-state index is 0.0178. The lowest BCUT2D eigenvalue weighted by atomic mass is 10.1. The molecule has 0 saturated heterocycles. The first-order valence-corrected chi connectivity index (χ1v) is 11.5. The van der Waals surface area contributed by atoms with Gasteiger partial charge in [-0.25, -0.2) is 4.98 Å². The van der Waals surface area contributed by atoms with Gasteiger partial charge in [0.25, 0.3) is 0 Å². The highest BCUT2D eigenvalue weighted by Crippen LogP contribution is 2.20. The third kappa shape index (κ3) is 5.54. The van der Waals surface area contributed by atoms with E-state index in [1.54, 1.807) is 6.07 Å². The number of nitrogens with zero attached hydrogens (tertiary/aromatic N) is 2. The van der Waals surface area contributed by atoms with E-state index in [2.05, 4.69) is 44.0 Å². The Balaban J connectivity index is 1.40. The second-order valence-corrected chi connectivity index (χ2v) is 8.78. The first-order valence-electron chi connectivity index (χ1n) is 10.3. The van der Waals surface area contributed by atoms with E-state index in [1.807, 2.05) is 48.5 Å². The molecular formula is C25H23BrClN3O. The zero-order valence-corrected chi connectivity index (χ0v) is 19.4. The minimum atomic E-state index is -0.0178. The van der Waals surface area contributed by atoms with Crippen LogP contribution in [0.4, 0.5) is 0 Å². The predicted octanol–water partition coefficient (Wildman–Crippen LogP) is 5.79. The van der Waals surface area contributed by atoms with E-state index >= 15 is 0 Å². The maximum Gasteiger partial charge on any atom is 0.224 e. The van der Waals surface area contributed by atoms with Crippen molar-refractivity contribution in [3.05, 3.63) is 99.2 Å². The molecule has 158 valence electrons. The molecule has 0 atom stereocenters. The molecule has 1 heterocycles. The predicted molar refractivity (Wildman–Crippen MR) is 129 cm³/mol. The van der Waals surface area contributed by atoms with Crippen molar-refractivity contribution in [3.8, 4) is 0 Å². The Morgan fingerprint density at radius 2 is 1.84 bits per heavy atom. The van der Waals surface area contributed by atoms with Crippen molar-refractivity contribution >= 4 is 44.5 Å². The Kier molecular flexibility index (Phi) is 7.05. The molecule has 0 fully saturated rings. The largest absolute Gasteiger partial charge is 0.356 e.